The van der Waals surface area contributed by atoms with Crippen molar-refractivity contribution in [2.75, 3.05) is 19.6 Å². The lowest BCUT2D eigenvalue weighted by Crippen LogP contribution is -2.45. The number of carbonyl (C=O) groups excluding carboxylic acids is 1. The van der Waals surface area contributed by atoms with Crippen molar-refractivity contribution in [3.8, 4) is 0 Å². The summed E-state index contributed by atoms with van der Waals surface area (Å²) in [6, 6.07) is 16.0. The molecule has 1 aromatic heterocycles. The second-order valence-corrected chi connectivity index (χ2v) is 8.77. The fourth-order valence-electron chi connectivity index (χ4n) is 4.92. The number of allylic oxidation sites excluding steroid dienone is 2. The minimum absolute atomic E-state index is 0.0311. The van der Waals surface area contributed by atoms with Crippen LogP contribution in [0.1, 0.15) is 49.4 Å². The Morgan fingerprint density at radius 2 is 1.97 bits per heavy atom. The molecule has 1 aliphatic heterocycles. The Bertz CT molecular complexity index is 821. The molecule has 3 atom stereocenters. The molecular weight excluding hydrogens is 370 g/mol. The Morgan fingerprint density at radius 3 is 2.73 bits per heavy atom. The third-order valence-electron chi connectivity index (χ3n) is 6.44. The van der Waals surface area contributed by atoms with Crippen LogP contribution in [0.4, 0.5) is 0 Å². The van der Waals surface area contributed by atoms with Crippen LogP contribution in [0.25, 0.3) is 0 Å². The van der Waals surface area contributed by atoms with E-state index < -0.39 is 0 Å². The van der Waals surface area contributed by atoms with Crippen molar-refractivity contribution in [2.24, 2.45) is 11.8 Å². The van der Waals surface area contributed by atoms with Crippen LogP contribution in [0.3, 0.4) is 0 Å². The number of carbonyl (C=O) groups is 1. The number of hydrogen-bond donors (Lipinski definition) is 1. The third kappa shape index (κ3) is 5.79. The number of hydrogen-bond acceptors (Lipinski definition) is 3. The number of benzene rings is 1. The molecule has 0 radical (unpaired) electrons. The quantitative estimate of drug-likeness (QED) is 0.690. The van der Waals surface area contributed by atoms with Crippen LogP contribution in [0, 0.1) is 11.8 Å². The first-order valence-corrected chi connectivity index (χ1v) is 11.4. The third-order valence-corrected chi connectivity index (χ3v) is 6.44. The average Bonchev–Trinajstić information content (AvgIpc) is 2.80. The van der Waals surface area contributed by atoms with Gasteiger partial charge in [-0.05, 0) is 68.2 Å². The van der Waals surface area contributed by atoms with Gasteiger partial charge in [0.05, 0.1) is 18.2 Å². The van der Waals surface area contributed by atoms with Crippen LogP contribution in [0.2, 0.25) is 0 Å². The lowest BCUT2D eigenvalue weighted by Gasteiger charge is -2.38. The van der Waals surface area contributed by atoms with Crippen molar-refractivity contribution in [3.63, 3.8) is 0 Å². The topological polar surface area (TPSA) is 45.2 Å². The van der Waals surface area contributed by atoms with Gasteiger partial charge in [0.15, 0.2) is 0 Å². The summed E-state index contributed by atoms with van der Waals surface area (Å²) in [5.41, 5.74) is 2.02. The summed E-state index contributed by atoms with van der Waals surface area (Å²) < 4.78 is 0. The molecule has 0 saturated carbocycles. The molecule has 4 rings (SSSR count). The van der Waals surface area contributed by atoms with Crippen LogP contribution in [0.15, 0.2) is 66.9 Å². The molecule has 1 amide bonds. The Kier molecular flexibility index (Phi) is 7.30. The van der Waals surface area contributed by atoms with Crippen molar-refractivity contribution in [1.29, 1.82) is 0 Å². The highest BCUT2D eigenvalue weighted by Gasteiger charge is 2.31. The molecule has 1 saturated heterocycles. The van der Waals surface area contributed by atoms with E-state index >= 15 is 0 Å². The largest absolute Gasteiger partial charge is 0.347 e. The Labute approximate surface area is 180 Å². The smallest absolute Gasteiger partial charge is 0.224 e. The van der Waals surface area contributed by atoms with E-state index in [4.69, 9.17) is 0 Å². The normalized spacial score (nSPS) is 23.1. The second-order valence-electron chi connectivity index (χ2n) is 8.77. The van der Waals surface area contributed by atoms with E-state index in [1.165, 1.54) is 38.8 Å². The van der Waals surface area contributed by atoms with Gasteiger partial charge in [0.25, 0.3) is 0 Å². The van der Waals surface area contributed by atoms with Gasteiger partial charge in [-0.1, -0.05) is 48.6 Å². The molecule has 1 aromatic carbocycles. The summed E-state index contributed by atoms with van der Waals surface area (Å²) in [6.07, 6.45) is 12.9. The van der Waals surface area contributed by atoms with Gasteiger partial charge in [0.2, 0.25) is 5.91 Å². The SMILES string of the molecule is O=C(Cc1ccccc1)N[C@H](c1ccccn1)[C@H]1CCCN(C[C@@H]2CC=CCC2)C1. The fourth-order valence-corrected chi connectivity index (χ4v) is 4.92. The Morgan fingerprint density at radius 1 is 1.10 bits per heavy atom. The average molecular weight is 404 g/mol. The molecule has 1 aliphatic carbocycles. The number of nitrogens with zero attached hydrogens (tertiary/aromatic N) is 2. The molecule has 158 valence electrons. The lowest BCUT2D eigenvalue weighted by atomic mass is 9.86. The number of aromatic nitrogens is 1. The highest BCUT2D eigenvalue weighted by Crippen LogP contribution is 2.30. The predicted molar refractivity (Wildman–Crippen MR) is 121 cm³/mol. The molecule has 1 N–H and O–H groups in total. The van der Waals surface area contributed by atoms with E-state index in [9.17, 15) is 4.79 Å². The maximum atomic E-state index is 12.9. The number of rotatable bonds is 7. The van der Waals surface area contributed by atoms with Gasteiger partial charge in [-0.3, -0.25) is 9.78 Å². The predicted octanol–water partition coefficient (Wildman–Crippen LogP) is 4.55. The highest BCUT2D eigenvalue weighted by atomic mass is 16.1. The summed E-state index contributed by atoms with van der Waals surface area (Å²) in [4.78, 5) is 20.1. The zero-order valence-corrected chi connectivity index (χ0v) is 17.7. The first-order valence-electron chi connectivity index (χ1n) is 11.4. The Balaban J connectivity index is 1.43. The van der Waals surface area contributed by atoms with E-state index in [-0.39, 0.29) is 11.9 Å². The molecule has 4 nitrogen and oxygen atoms in total. The number of piperidine rings is 1. The fraction of sp³-hybridized carbons (Fsp3) is 0.462. The summed E-state index contributed by atoms with van der Waals surface area (Å²) >= 11 is 0. The van der Waals surface area contributed by atoms with E-state index in [1.54, 1.807) is 0 Å². The van der Waals surface area contributed by atoms with E-state index in [1.807, 2.05) is 48.7 Å². The lowest BCUT2D eigenvalue weighted by molar-refractivity contribution is -0.121. The maximum Gasteiger partial charge on any atom is 0.224 e. The second kappa shape index (κ2) is 10.5. The van der Waals surface area contributed by atoms with E-state index in [2.05, 4.69) is 33.4 Å². The van der Waals surface area contributed by atoms with Crippen LogP contribution >= 0.6 is 0 Å². The molecule has 2 aromatic rings. The summed E-state index contributed by atoms with van der Waals surface area (Å²) in [6.45, 7) is 3.38. The van der Waals surface area contributed by atoms with Gasteiger partial charge >= 0.3 is 0 Å². The maximum absolute atomic E-state index is 12.9. The van der Waals surface area contributed by atoms with Crippen LogP contribution in [-0.4, -0.2) is 35.4 Å². The van der Waals surface area contributed by atoms with Gasteiger partial charge in [-0.2, -0.15) is 0 Å². The molecule has 0 spiro atoms. The van der Waals surface area contributed by atoms with E-state index in [0.717, 1.165) is 30.1 Å². The van der Waals surface area contributed by atoms with Gasteiger partial charge in [-0.25, -0.2) is 0 Å². The number of likely N-dealkylation sites (tertiary alicyclic amines) is 1. The van der Waals surface area contributed by atoms with Crippen LogP contribution in [0.5, 0.6) is 0 Å². The summed E-state index contributed by atoms with van der Waals surface area (Å²) in [7, 11) is 0. The molecule has 0 unspecified atom stereocenters. The number of nitrogens with one attached hydrogen (secondary N) is 1. The Hall–Kier alpha value is -2.46. The first-order chi connectivity index (χ1) is 14.8. The summed E-state index contributed by atoms with van der Waals surface area (Å²) in [5.74, 6) is 1.24. The molecule has 2 aliphatic rings. The number of pyridine rings is 1. The van der Waals surface area contributed by atoms with Crippen molar-refractivity contribution < 1.29 is 4.79 Å². The monoisotopic (exact) mass is 403 g/mol. The zero-order valence-electron chi connectivity index (χ0n) is 17.7. The van der Waals surface area contributed by atoms with E-state index in [0.29, 0.717) is 12.3 Å². The zero-order chi connectivity index (χ0) is 20.6. The minimum Gasteiger partial charge on any atom is -0.347 e. The van der Waals surface area contributed by atoms with Crippen molar-refractivity contribution >= 4 is 5.91 Å². The minimum atomic E-state index is -0.0311. The molecule has 0 bridgehead atoms. The standard InChI is InChI=1S/C26H33N3O/c30-25(18-21-10-3-1-4-11-21)28-26(24-15-7-8-16-27-24)23-14-9-17-29(20-23)19-22-12-5-2-6-13-22/h1-5,7-8,10-11,15-16,22-23,26H,6,9,12-14,17-20H2,(H,28,30)/t22-,23+,26+/m1/s1. The van der Waals surface area contributed by atoms with Crippen molar-refractivity contribution in [3.05, 3.63) is 78.1 Å². The highest BCUT2D eigenvalue weighted by molar-refractivity contribution is 5.79. The van der Waals surface area contributed by atoms with Gasteiger partial charge in [0.1, 0.15) is 0 Å². The molecular formula is C26H33N3O. The van der Waals surface area contributed by atoms with Crippen LogP contribution < -0.4 is 5.32 Å². The summed E-state index contributed by atoms with van der Waals surface area (Å²) in [5, 5.41) is 3.34. The molecule has 1 fully saturated rings. The van der Waals surface area contributed by atoms with Crippen LogP contribution in [-0.2, 0) is 11.2 Å². The first kappa shape index (κ1) is 20.8. The van der Waals surface area contributed by atoms with Gasteiger partial charge in [0, 0.05) is 19.3 Å². The molecule has 30 heavy (non-hydrogen) atoms. The molecule has 2 heterocycles. The van der Waals surface area contributed by atoms with Crippen molar-refractivity contribution in [2.45, 2.75) is 44.6 Å². The van der Waals surface area contributed by atoms with Gasteiger partial charge < -0.3 is 10.2 Å². The van der Waals surface area contributed by atoms with Crippen molar-refractivity contribution in [1.82, 2.24) is 15.2 Å². The van der Waals surface area contributed by atoms with Gasteiger partial charge in [-0.15, -0.1) is 0 Å². The number of amides is 1. The molecule has 4 heteroatoms.